The Labute approximate surface area is 121 Å². The summed E-state index contributed by atoms with van der Waals surface area (Å²) >= 11 is 1.34. The molecule has 1 aromatic carbocycles. The highest BCUT2D eigenvalue weighted by atomic mass is 32.1. The van der Waals surface area contributed by atoms with Crippen LogP contribution in [-0.4, -0.2) is 17.2 Å². The number of nitrogens with one attached hydrogen (secondary N) is 1. The molecule has 0 saturated carbocycles. The first-order chi connectivity index (χ1) is 9.72. The Morgan fingerprint density at radius 3 is 2.95 bits per heavy atom. The number of benzene rings is 1. The molecular weight excluding hydrogens is 272 g/mol. The molecule has 1 heterocycles. The maximum Gasteiger partial charge on any atom is 0.281 e. The fourth-order valence-electron chi connectivity index (χ4n) is 1.66. The van der Waals surface area contributed by atoms with Gasteiger partial charge in [-0.05, 0) is 29.5 Å². The average molecular weight is 286 g/mol. The van der Waals surface area contributed by atoms with Crippen LogP contribution in [-0.2, 0) is 6.42 Å². The summed E-state index contributed by atoms with van der Waals surface area (Å²) in [7, 11) is 0. The van der Waals surface area contributed by atoms with E-state index in [2.05, 4.69) is 17.1 Å². The predicted molar refractivity (Wildman–Crippen MR) is 81.4 cm³/mol. The second-order valence-electron chi connectivity index (χ2n) is 4.02. The molecule has 0 bridgehead atoms. The maximum atomic E-state index is 11.7. The van der Waals surface area contributed by atoms with E-state index in [-0.39, 0.29) is 11.7 Å². The highest BCUT2D eigenvalue weighted by Crippen LogP contribution is 2.21. The molecule has 4 nitrogen and oxygen atoms in total. The number of hydrogen-bond acceptors (Lipinski definition) is 4. The van der Waals surface area contributed by atoms with Gasteiger partial charge in [0.15, 0.2) is 0 Å². The minimum absolute atomic E-state index is 0.154. The van der Waals surface area contributed by atoms with Crippen LogP contribution < -0.4 is 5.43 Å². The summed E-state index contributed by atoms with van der Waals surface area (Å²) in [5.41, 5.74) is 3.75. The van der Waals surface area contributed by atoms with Crippen LogP contribution in [0.3, 0.4) is 0 Å². The van der Waals surface area contributed by atoms with Crippen LogP contribution in [0.2, 0.25) is 0 Å². The second-order valence-corrected chi connectivity index (χ2v) is 4.97. The van der Waals surface area contributed by atoms with Crippen LogP contribution >= 0.6 is 11.3 Å². The number of para-hydroxylation sites is 1. The number of allylic oxidation sites excluding steroid dienone is 1. The van der Waals surface area contributed by atoms with E-state index >= 15 is 0 Å². The monoisotopic (exact) mass is 286 g/mol. The van der Waals surface area contributed by atoms with Crippen LogP contribution in [0.4, 0.5) is 0 Å². The van der Waals surface area contributed by atoms with E-state index in [0.717, 1.165) is 5.56 Å². The predicted octanol–water partition coefficient (Wildman–Crippen LogP) is 2.95. The quantitative estimate of drug-likeness (QED) is 0.504. The summed E-state index contributed by atoms with van der Waals surface area (Å²) in [6, 6.07) is 8.88. The fraction of sp³-hybridized carbons (Fsp3) is 0.0667. The molecule has 2 aromatic rings. The van der Waals surface area contributed by atoms with Crippen molar-refractivity contribution in [2.24, 2.45) is 5.10 Å². The van der Waals surface area contributed by atoms with Gasteiger partial charge in [0.1, 0.15) is 5.75 Å². The van der Waals surface area contributed by atoms with Crippen molar-refractivity contribution >= 4 is 23.5 Å². The van der Waals surface area contributed by atoms with Crippen LogP contribution in [0.15, 0.2) is 53.5 Å². The van der Waals surface area contributed by atoms with Crippen molar-refractivity contribution in [3.63, 3.8) is 0 Å². The van der Waals surface area contributed by atoms with Gasteiger partial charge in [0.2, 0.25) is 0 Å². The Morgan fingerprint density at radius 2 is 2.25 bits per heavy atom. The summed E-state index contributed by atoms with van der Waals surface area (Å²) in [4.78, 5) is 12.2. The van der Waals surface area contributed by atoms with Crippen LogP contribution in [0.1, 0.15) is 20.8 Å². The number of rotatable bonds is 5. The highest BCUT2D eigenvalue weighted by molar-refractivity contribution is 7.12. The number of carbonyl (C=O) groups is 1. The Kier molecular flexibility index (Phi) is 4.68. The SMILES string of the molecule is C=CCc1cccc(/C=N/NC(=O)c2cccs2)c1O. The molecule has 2 rings (SSSR count). The third-order valence-corrected chi connectivity index (χ3v) is 3.50. The van der Waals surface area contributed by atoms with Gasteiger partial charge in [-0.3, -0.25) is 4.79 Å². The zero-order chi connectivity index (χ0) is 14.4. The number of amides is 1. The number of nitrogens with zero attached hydrogens (tertiary/aromatic N) is 1. The Hall–Kier alpha value is -2.40. The van der Waals surface area contributed by atoms with Gasteiger partial charge in [-0.25, -0.2) is 5.43 Å². The molecule has 2 N–H and O–H groups in total. The maximum absolute atomic E-state index is 11.7. The minimum atomic E-state index is -0.266. The van der Waals surface area contributed by atoms with Crippen molar-refractivity contribution in [1.29, 1.82) is 0 Å². The molecule has 0 spiro atoms. The Balaban J connectivity index is 2.06. The number of thiophene rings is 1. The van der Waals surface area contributed by atoms with Gasteiger partial charge in [0, 0.05) is 5.56 Å². The van der Waals surface area contributed by atoms with E-state index < -0.39 is 0 Å². The van der Waals surface area contributed by atoms with Crippen molar-refractivity contribution < 1.29 is 9.90 Å². The zero-order valence-electron chi connectivity index (χ0n) is 10.7. The molecule has 0 aliphatic rings. The topological polar surface area (TPSA) is 61.7 Å². The summed E-state index contributed by atoms with van der Waals surface area (Å²) in [6.45, 7) is 3.64. The number of carbonyl (C=O) groups excluding carboxylic acids is 1. The third kappa shape index (κ3) is 3.33. The van der Waals surface area contributed by atoms with Crippen LogP contribution in [0.5, 0.6) is 5.75 Å². The van der Waals surface area contributed by atoms with Crippen LogP contribution in [0.25, 0.3) is 0 Å². The third-order valence-electron chi connectivity index (χ3n) is 2.63. The molecule has 0 radical (unpaired) electrons. The van der Waals surface area contributed by atoms with E-state index in [1.165, 1.54) is 17.6 Å². The molecule has 0 unspecified atom stereocenters. The molecule has 5 heteroatoms. The lowest BCUT2D eigenvalue weighted by atomic mass is 10.1. The molecule has 20 heavy (non-hydrogen) atoms. The van der Waals surface area contributed by atoms with E-state index in [1.807, 2.05) is 17.5 Å². The highest BCUT2D eigenvalue weighted by Gasteiger charge is 2.05. The van der Waals surface area contributed by atoms with Gasteiger partial charge >= 0.3 is 0 Å². The molecule has 0 atom stereocenters. The summed E-state index contributed by atoms with van der Waals surface area (Å²) < 4.78 is 0. The molecule has 102 valence electrons. The van der Waals surface area contributed by atoms with E-state index in [9.17, 15) is 9.90 Å². The largest absolute Gasteiger partial charge is 0.507 e. The molecule has 0 fully saturated rings. The van der Waals surface area contributed by atoms with Crippen molar-refractivity contribution in [3.05, 3.63) is 64.4 Å². The summed E-state index contributed by atoms with van der Waals surface area (Å²) in [5.74, 6) is -0.112. The number of hydrazone groups is 1. The molecule has 0 saturated heterocycles. The zero-order valence-corrected chi connectivity index (χ0v) is 11.6. The first-order valence-electron chi connectivity index (χ1n) is 6.01. The Morgan fingerprint density at radius 1 is 1.40 bits per heavy atom. The normalized spacial score (nSPS) is 10.6. The average Bonchev–Trinajstić information content (AvgIpc) is 2.97. The lowest BCUT2D eigenvalue weighted by Gasteiger charge is -2.04. The van der Waals surface area contributed by atoms with Gasteiger partial charge in [-0.15, -0.1) is 17.9 Å². The number of phenolic OH excluding ortho intramolecular Hbond substituents is 1. The summed E-state index contributed by atoms with van der Waals surface area (Å²) in [5, 5.41) is 15.7. The van der Waals surface area contributed by atoms with Gasteiger partial charge in [-0.1, -0.05) is 24.3 Å². The lowest BCUT2D eigenvalue weighted by molar-refractivity contribution is 0.0959. The van der Waals surface area contributed by atoms with Crippen molar-refractivity contribution in [1.82, 2.24) is 5.43 Å². The van der Waals surface area contributed by atoms with E-state index in [1.54, 1.807) is 24.3 Å². The first kappa shape index (κ1) is 14.0. The minimum Gasteiger partial charge on any atom is -0.507 e. The number of phenols is 1. The molecule has 1 amide bonds. The van der Waals surface area contributed by atoms with E-state index in [0.29, 0.717) is 16.9 Å². The van der Waals surface area contributed by atoms with Crippen molar-refractivity contribution in [2.75, 3.05) is 0 Å². The Bertz CT molecular complexity index is 633. The summed E-state index contributed by atoms with van der Waals surface area (Å²) in [6.07, 6.45) is 3.72. The van der Waals surface area contributed by atoms with E-state index in [4.69, 9.17) is 0 Å². The van der Waals surface area contributed by atoms with Crippen molar-refractivity contribution in [3.8, 4) is 5.75 Å². The van der Waals surface area contributed by atoms with Gasteiger partial charge in [-0.2, -0.15) is 5.10 Å². The molecule has 1 aromatic heterocycles. The first-order valence-corrected chi connectivity index (χ1v) is 6.89. The van der Waals surface area contributed by atoms with Gasteiger partial charge < -0.3 is 5.11 Å². The van der Waals surface area contributed by atoms with Gasteiger partial charge in [0.05, 0.1) is 11.1 Å². The van der Waals surface area contributed by atoms with Gasteiger partial charge in [0.25, 0.3) is 5.91 Å². The molecular formula is C15H14N2O2S. The van der Waals surface area contributed by atoms with Crippen LogP contribution in [0, 0.1) is 0 Å². The standard InChI is InChI=1S/C15H14N2O2S/c1-2-5-11-6-3-7-12(14(11)18)10-16-17-15(19)13-8-4-9-20-13/h2-4,6-10,18H,1,5H2,(H,17,19)/b16-10+. The number of aromatic hydroxyl groups is 1. The second kappa shape index (κ2) is 6.68. The lowest BCUT2D eigenvalue weighted by Crippen LogP contribution is -2.16. The molecule has 0 aliphatic carbocycles. The number of hydrogen-bond donors (Lipinski definition) is 2. The fourth-order valence-corrected chi connectivity index (χ4v) is 2.27. The smallest absolute Gasteiger partial charge is 0.281 e. The van der Waals surface area contributed by atoms with Crippen molar-refractivity contribution in [2.45, 2.75) is 6.42 Å². The molecule has 0 aliphatic heterocycles.